The van der Waals surface area contributed by atoms with E-state index in [-0.39, 0.29) is 11.5 Å². The lowest BCUT2D eigenvalue weighted by Crippen LogP contribution is -2.60. The zero-order chi connectivity index (χ0) is 13.3. The molecule has 0 aromatic heterocycles. The van der Waals surface area contributed by atoms with E-state index in [0.717, 1.165) is 18.1 Å². The van der Waals surface area contributed by atoms with E-state index in [1.807, 2.05) is 0 Å². The molecular weight excluding hydrogens is 236 g/mol. The molecule has 0 radical (unpaired) electrons. The second kappa shape index (κ2) is 4.94. The molecule has 1 aliphatic carbocycles. The molecule has 1 aromatic carbocycles. The van der Waals surface area contributed by atoms with E-state index >= 15 is 0 Å². The Morgan fingerprint density at radius 3 is 2.61 bits per heavy atom. The first kappa shape index (κ1) is 13.4. The quantitative estimate of drug-likeness (QED) is 0.893. The molecule has 1 aliphatic rings. The minimum absolute atomic E-state index is 0.0767. The second-order valence-corrected chi connectivity index (χ2v) is 5.46. The Labute approximate surface area is 106 Å². The van der Waals surface area contributed by atoms with Gasteiger partial charge >= 0.3 is 0 Å². The molecule has 1 fully saturated rings. The minimum Gasteiger partial charge on any atom is -0.381 e. The zero-order valence-electron chi connectivity index (χ0n) is 11.0. The second-order valence-electron chi connectivity index (χ2n) is 5.46. The summed E-state index contributed by atoms with van der Waals surface area (Å²) in [6.07, 6.45) is 1.22. The van der Waals surface area contributed by atoms with Crippen molar-refractivity contribution in [2.75, 3.05) is 7.11 Å². The van der Waals surface area contributed by atoms with Crippen LogP contribution in [0.2, 0.25) is 0 Å². The van der Waals surface area contributed by atoms with Crippen LogP contribution in [0.4, 0.5) is 8.78 Å². The van der Waals surface area contributed by atoms with Crippen molar-refractivity contribution < 1.29 is 13.5 Å². The van der Waals surface area contributed by atoms with Gasteiger partial charge in [0.15, 0.2) is 11.6 Å². The molecule has 0 spiro atoms. The summed E-state index contributed by atoms with van der Waals surface area (Å²) in [5, 5.41) is 3.37. The Bertz CT molecular complexity index is 434. The molecule has 1 N–H and O–H groups in total. The zero-order valence-corrected chi connectivity index (χ0v) is 11.0. The number of hydrogen-bond donors (Lipinski definition) is 1. The Morgan fingerprint density at radius 1 is 1.33 bits per heavy atom. The normalized spacial score (nSPS) is 25.8. The Morgan fingerprint density at radius 2 is 2.06 bits per heavy atom. The fourth-order valence-electron chi connectivity index (χ4n) is 2.52. The lowest BCUT2D eigenvalue weighted by Gasteiger charge is -2.51. The SMILES string of the molecule is COC1CC(NCc2ccc(F)c(F)c2)C1(C)C. The standard InChI is InChI=1S/C14H19F2NO/c1-14(2)12(7-13(14)18-3)17-8-9-4-5-10(15)11(16)6-9/h4-6,12-13,17H,7-8H2,1-3H3. The topological polar surface area (TPSA) is 21.3 Å². The smallest absolute Gasteiger partial charge is 0.159 e. The van der Waals surface area contributed by atoms with Gasteiger partial charge in [0.1, 0.15) is 0 Å². The highest BCUT2D eigenvalue weighted by Crippen LogP contribution is 2.42. The van der Waals surface area contributed by atoms with Crippen molar-refractivity contribution in [1.29, 1.82) is 0 Å². The van der Waals surface area contributed by atoms with E-state index in [1.54, 1.807) is 13.2 Å². The molecule has 0 amide bonds. The van der Waals surface area contributed by atoms with Gasteiger partial charge in [-0.05, 0) is 24.1 Å². The molecule has 2 nitrogen and oxygen atoms in total. The van der Waals surface area contributed by atoms with Gasteiger partial charge in [-0.3, -0.25) is 0 Å². The van der Waals surface area contributed by atoms with Crippen LogP contribution in [0, 0.1) is 17.0 Å². The number of hydrogen-bond acceptors (Lipinski definition) is 2. The van der Waals surface area contributed by atoms with Crippen LogP contribution in [-0.4, -0.2) is 19.3 Å². The largest absolute Gasteiger partial charge is 0.381 e. The lowest BCUT2D eigenvalue weighted by molar-refractivity contribution is -0.0979. The van der Waals surface area contributed by atoms with Crippen molar-refractivity contribution in [1.82, 2.24) is 5.32 Å². The van der Waals surface area contributed by atoms with Gasteiger partial charge in [0, 0.05) is 25.1 Å². The van der Waals surface area contributed by atoms with Crippen molar-refractivity contribution in [3.05, 3.63) is 35.4 Å². The summed E-state index contributed by atoms with van der Waals surface area (Å²) in [6.45, 7) is 4.84. The van der Waals surface area contributed by atoms with Gasteiger partial charge in [0.25, 0.3) is 0 Å². The molecule has 2 unspecified atom stereocenters. The molecule has 100 valence electrons. The maximum Gasteiger partial charge on any atom is 0.159 e. The van der Waals surface area contributed by atoms with Gasteiger partial charge < -0.3 is 10.1 Å². The number of nitrogens with one attached hydrogen (secondary N) is 1. The summed E-state index contributed by atoms with van der Waals surface area (Å²) >= 11 is 0. The maximum atomic E-state index is 13.0. The summed E-state index contributed by atoms with van der Waals surface area (Å²) in [5.74, 6) is -1.60. The van der Waals surface area contributed by atoms with E-state index in [4.69, 9.17) is 4.74 Å². The van der Waals surface area contributed by atoms with Crippen LogP contribution < -0.4 is 5.32 Å². The van der Waals surface area contributed by atoms with Crippen LogP contribution in [0.5, 0.6) is 0 Å². The van der Waals surface area contributed by atoms with Gasteiger partial charge in [0.2, 0.25) is 0 Å². The van der Waals surface area contributed by atoms with Crippen molar-refractivity contribution >= 4 is 0 Å². The first-order valence-electron chi connectivity index (χ1n) is 6.15. The van der Waals surface area contributed by atoms with E-state index in [9.17, 15) is 8.78 Å². The highest BCUT2D eigenvalue weighted by molar-refractivity contribution is 5.18. The molecule has 2 rings (SSSR count). The predicted octanol–water partition coefficient (Wildman–Crippen LogP) is 2.87. The van der Waals surface area contributed by atoms with Crippen LogP contribution >= 0.6 is 0 Å². The first-order valence-corrected chi connectivity index (χ1v) is 6.15. The summed E-state index contributed by atoms with van der Waals surface area (Å²) in [7, 11) is 1.72. The third-order valence-electron chi connectivity index (χ3n) is 4.00. The molecule has 1 aromatic rings. The molecule has 0 saturated heterocycles. The average molecular weight is 255 g/mol. The van der Waals surface area contributed by atoms with E-state index < -0.39 is 11.6 Å². The fraction of sp³-hybridized carbons (Fsp3) is 0.571. The fourth-order valence-corrected chi connectivity index (χ4v) is 2.52. The van der Waals surface area contributed by atoms with Gasteiger partial charge in [-0.2, -0.15) is 0 Å². The summed E-state index contributed by atoms with van der Waals surface area (Å²) < 4.78 is 31.2. The van der Waals surface area contributed by atoms with Crippen molar-refractivity contribution in [3.63, 3.8) is 0 Å². The molecule has 4 heteroatoms. The van der Waals surface area contributed by atoms with Crippen LogP contribution in [0.15, 0.2) is 18.2 Å². The van der Waals surface area contributed by atoms with E-state index in [1.165, 1.54) is 6.07 Å². The van der Waals surface area contributed by atoms with Crippen molar-refractivity contribution in [3.8, 4) is 0 Å². The van der Waals surface area contributed by atoms with Gasteiger partial charge in [0.05, 0.1) is 6.10 Å². The average Bonchev–Trinajstić information content (AvgIpc) is 2.32. The molecule has 1 saturated carbocycles. The summed E-state index contributed by atoms with van der Waals surface area (Å²) in [4.78, 5) is 0. The maximum absolute atomic E-state index is 13.0. The molecule has 0 heterocycles. The Balaban J connectivity index is 1.91. The molecular formula is C14H19F2NO. The van der Waals surface area contributed by atoms with Crippen molar-refractivity contribution in [2.24, 2.45) is 5.41 Å². The van der Waals surface area contributed by atoms with Crippen LogP contribution in [0.1, 0.15) is 25.8 Å². The predicted molar refractivity (Wildman–Crippen MR) is 66.2 cm³/mol. The van der Waals surface area contributed by atoms with Gasteiger partial charge in [-0.1, -0.05) is 19.9 Å². The highest BCUT2D eigenvalue weighted by Gasteiger charge is 2.48. The molecule has 0 aliphatic heterocycles. The number of methoxy groups -OCH3 is 1. The summed E-state index contributed by atoms with van der Waals surface area (Å²) in [6, 6.07) is 4.35. The third-order valence-corrected chi connectivity index (χ3v) is 4.00. The molecule has 18 heavy (non-hydrogen) atoms. The lowest BCUT2D eigenvalue weighted by atomic mass is 9.64. The minimum atomic E-state index is -0.804. The Kier molecular flexibility index (Phi) is 3.69. The van der Waals surface area contributed by atoms with Crippen LogP contribution in [0.3, 0.4) is 0 Å². The number of benzene rings is 1. The number of halogens is 2. The Hall–Kier alpha value is -1.00. The number of ether oxygens (including phenoxy) is 1. The van der Waals surface area contributed by atoms with Crippen molar-refractivity contribution in [2.45, 2.75) is 39.0 Å². The first-order chi connectivity index (χ1) is 8.45. The summed E-state index contributed by atoms with van der Waals surface area (Å²) in [5.41, 5.74) is 0.832. The van der Waals surface area contributed by atoms with Crippen LogP contribution in [-0.2, 0) is 11.3 Å². The van der Waals surface area contributed by atoms with Gasteiger partial charge in [-0.25, -0.2) is 8.78 Å². The number of rotatable bonds is 4. The molecule has 2 atom stereocenters. The van der Waals surface area contributed by atoms with E-state index in [0.29, 0.717) is 12.6 Å². The third kappa shape index (κ3) is 2.40. The monoisotopic (exact) mass is 255 g/mol. The van der Waals surface area contributed by atoms with Crippen LogP contribution in [0.25, 0.3) is 0 Å². The molecule has 0 bridgehead atoms. The highest BCUT2D eigenvalue weighted by atomic mass is 19.2. The van der Waals surface area contributed by atoms with Gasteiger partial charge in [-0.15, -0.1) is 0 Å². The van der Waals surface area contributed by atoms with E-state index in [2.05, 4.69) is 19.2 Å².